The average Bonchev–Trinajstić information content (AvgIpc) is 3.27. The molecule has 0 saturated heterocycles. The molecule has 6 aromatic rings. The number of phenols is 2. The van der Waals surface area contributed by atoms with Gasteiger partial charge in [0.1, 0.15) is 39.9 Å². The van der Waals surface area contributed by atoms with E-state index in [9.17, 15) is 29.4 Å². The zero-order chi connectivity index (χ0) is 43.6. The zero-order valence-electron chi connectivity index (χ0n) is 32.9. The Bertz CT molecular complexity index is 2680. The molecule has 0 aliphatic rings. The molecule has 0 fully saturated rings. The van der Waals surface area contributed by atoms with Gasteiger partial charge in [-0.05, 0) is 84.4 Å². The van der Waals surface area contributed by atoms with Gasteiger partial charge in [0.25, 0.3) is 0 Å². The van der Waals surface area contributed by atoms with E-state index in [1.165, 1.54) is 95.2 Å². The highest BCUT2D eigenvalue weighted by Crippen LogP contribution is 2.36. The number of ether oxygens (including phenoxy) is 7. The number of Topliss-reactive ketones (excluding diaryl/α,β-unsaturated/α-hetero) is 1. The second-order valence-corrected chi connectivity index (χ2v) is 13.3. The molecule has 13 nitrogen and oxygen atoms in total. The summed E-state index contributed by atoms with van der Waals surface area (Å²) in [6, 6.07) is 28.8. The molecular weight excluding hydrogens is 808 g/mol. The third-order valence-corrected chi connectivity index (χ3v) is 9.23. The maximum absolute atomic E-state index is 13.1. The van der Waals surface area contributed by atoms with E-state index in [-0.39, 0.29) is 85.7 Å². The van der Waals surface area contributed by atoms with E-state index in [4.69, 9.17) is 44.8 Å². The van der Waals surface area contributed by atoms with Crippen molar-refractivity contribution in [3.05, 3.63) is 159 Å². The zero-order valence-corrected chi connectivity index (χ0v) is 33.7. The highest BCUT2D eigenvalue weighted by molar-refractivity contribution is 6.32. The van der Waals surface area contributed by atoms with Crippen LogP contribution in [0.2, 0.25) is 5.02 Å². The third-order valence-electron chi connectivity index (χ3n) is 8.94. The normalized spacial score (nSPS) is 10.4. The van der Waals surface area contributed by atoms with Crippen molar-refractivity contribution in [3.63, 3.8) is 0 Å². The average molecular weight is 843 g/mol. The third kappa shape index (κ3) is 10.4. The van der Waals surface area contributed by atoms with Crippen LogP contribution in [0.5, 0.6) is 51.7 Å². The van der Waals surface area contributed by atoms with Crippen molar-refractivity contribution in [2.75, 3.05) is 28.4 Å². The van der Waals surface area contributed by atoms with Gasteiger partial charge >= 0.3 is 17.9 Å². The Morgan fingerprint density at radius 3 is 1.41 bits per heavy atom. The molecule has 14 heteroatoms. The molecule has 2 N–H and O–H groups in total. The monoisotopic (exact) mass is 842 g/mol. The van der Waals surface area contributed by atoms with Gasteiger partial charge in [-0.15, -0.1) is 0 Å². The van der Waals surface area contributed by atoms with Crippen LogP contribution in [0.4, 0.5) is 0 Å². The molecular formula is C47H35ClO13. The minimum Gasteiger partial charge on any atom is -0.507 e. The maximum atomic E-state index is 13.1. The fourth-order valence-corrected chi connectivity index (χ4v) is 5.93. The standard InChI is InChI=1S/C47H35ClO13/c1-55-41-23-34(38(50)25-43(41)57-3)46(53)60-33-18-13-30(14-19-33)45(52)59-32-16-11-28(12-17-32)6-5-27-7-9-29(10-8-27)21-37(49)31-15-20-40(36(48)22-31)61-47(54)35-24-42(56-2)44(58-4)26-39(35)51/h7-20,22-26,50-51H,21H2,1-4H3. The first-order chi connectivity index (χ1) is 29.4. The molecule has 0 spiro atoms. The van der Waals surface area contributed by atoms with E-state index >= 15 is 0 Å². The molecule has 61 heavy (non-hydrogen) atoms. The van der Waals surface area contributed by atoms with Crippen LogP contribution in [-0.2, 0) is 6.42 Å². The molecule has 0 heterocycles. The lowest BCUT2D eigenvalue weighted by molar-refractivity contribution is 0.0719. The molecule has 6 aromatic carbocycles. The van der Waals surface area contributed by atoms with Crippen LogP contribution in [0.3, 0.4) is 0 Å². The quantitative estimate of drug-likeness (QED) is 0.0493. The molecule has 0 unspecified atom stereocenters. The Morgan fingerprint density at radius 2 is 0.918 bits per heavy atom. The van der Waals surface area contributed by atoms with Gasteiger partial charge < -0.3 is 43.4 Å². The van der Waals surface area contributed by atoms with E-state index in [2.05, 4.69) is 11.8 Å². The highest BCUT2D eigenvalue weighted by atomic mass is 35.5. The molecule has 0 amide bonds. The number of methoxy groups -OCH3 is 4. The van der Waals surface area contributed by atoms with Gasteiger partial charge in [-0.3, -0.25) is 4.79 Å². The van der Waals surface area contributed by atoms with E-state index in [1.807, 2.05) is 0 Å². The largest absolute Gasteiger partial charge is 0.507 e. The van der Waals surface area contributed by atoms with E-state index in [0.29, 0.717) is 16.7 Å². The fraction of sp³-hybridized carbons (Fsp3) is 0.106. The summed E-state index contributed by atoms with van der Waals surface area (Å²) in [5, 5.41) is 20.6. The predicted molar refractivity (Wildman–Crippen MR) is 222 cm³/mol. The number of phenolic OH excluding ortho intramolecular Hbond substituents is 2. The fourth-order valence-electron chi connectivity index (χ4n) is 5.71. The summed E-state index contributed by atoms with van der Waals surface area (Å²) >= 11 is 6.37. The molecule has 0 saturated carbocycles. The number of rotatable bonds is 13. The Hall–Kier alpha value is -7.95. The number of carbonyl (C=O) groups excluding carboxylic acids is 4. The molecule has 6 rings (SSSR count). The van der Waals surface area contributed by atoms with Gasteiger partial charge in [0, 0.05) is 47.4 Å². The Kier molecular flexibility index (Phi) is 13.4. The molecule has 0 bridgehead atoms. The van der Waals surface area contributed by atoms with Crippen molar-refractivity contribution in [2.24, 2.45) is 0 Å². The van der Waals surface area contributed by atoms with Gasteiger partial charge in [0.2, 0.25) is 0 Å². The second-order valence-electron chi connectivity index (χ2n) is 12.9. The summed E-state index contributed by atoms with van der Waals surface area (Å²) in [5.74, 6) is 4.16. The van der Waals surface area contributed by atoms with Crippen molar-refractivity contribution in [1.82, 2.24) is 0 Å². The van der Waals surface area contributed by atoms with Crippen molar-refractivity contribution in [2.45, 2.75) is 6.42 Å². The minimum absolute atomic E-state index is 0.00204. The number of esters is 3. The smallest absolute Gasteiger partial charge is 0.347 e. The summed E-state index contributed by atoms with van der Waals surface area (Å²) < 4.78 is 36.8. The SMILES string of the molecule is COc1cc(O)c(C(=O)Oc2ccc(C(=O)Oc3ccc(C#Cc4ccc(CC(=O)c5ccc(OC(=O)c6cc(OC)c(OC)cc6O)c(Cl)c5)cc4)cc3)cc2)cc1OC. The van der Waals surface area contributed by atoms with Crippen molar-refractivity contribution >= 4 is 35.3 Å². The topological polar surface area (TPSA) is 173 Å². The summed E-state index contributed by atoms with van der Waals surface area (Å²) in [6.07, 6.45) is 0.0758. The van der Waals surface area contributed by atoms with Gasteiger partial charge in [0.05, 0.1) is 39.0 Å². The predicted octanol–water partition coefficient (Wildman–Crippen LogP) is 8.27. The Morgan fingerprint density at radius 1 is 0.492 bits per heavy atom. The van der Waals surface area contributed by atoms with Gasteiger partial charge in [-0.2, -0.15) is 0 Å². The first-order valence-corrected chi connectivity index (χ1v) is 18.5. The lowest BCUT2D eigenvalue weighted by Gasteiger charge is -2.12. The van der Waals surface area contributed by atoms with Crippen LogP contribution in [0.15, 0.2) is 115 Å². The number of hydrogen-bond acceptors (Lipinski definition) is 13. The minimum atomic E-state index is -0.887. The van der Waals surface area contributed by atoms with Gasteiger partial charge in [-0.25, -0.2) is 14.4 Å². The summed E-state index contributed by atoms with van der Waals surface area (Å²) in [5.41, 5.74) is 2.32. The van der Waals surface area contributed by atoms with E-state index in [1.54, 1.807) is 48.5 Å². The second kappa shape index (κ2) is 19.2. The highest BCUT2D eigenvalue weighted by Gasteiger charge is 2.21. The lowest BCUT2D eigenvalue weighted by atomic mass is 10.0. The van der Waals surface area contributed by atoms with Crippen LogP contribution >= 0.6 is 11.6 Å². The number of hydrogen-bond donors (Lipinski definition) is 2. The van der Waals surface area contributed by atoms with Gasteiger partial charge in [0.15, 0.2) is 28.8 Å². The molecule has 308 valence electrons. The van der Waals surface area contributed by atoms with Crippen LogP contribution in [0.1, 0.15) is 58.1 Å². The van der Waals surface area contributed by atoms with Crippen LogP contribution in [-0.4, -0.2) is 62.3 Å². The molecule has 0 atom stereocenters. The van der Waals surface area contributed by atoms with Crippen molar-refractivity contribution in [3.8, 4) is 63.6 Å². The summed E-state index contributed by atoms with van der Waals surface area (Å²) in [4.78, 5) is 51.4. The maximum Gasteiger partial charge on any atom is 0.347 e. The molecule has 0 aliphatic heterocycles. The van der Waals surface area contributed by atoms with Crippen molar-refractivity contribution < 1.29 is 62.5 Å². The Balaban J connectivity index is 0.996. The van der Waals surface area contributed by atoms with Crippen molar-refractivity contribution in [1.29, 1.82) is 0 Å². The number of carbonyl (C=O) groups is 4. The molecule has 0 aromatic heterocycles. The first kappa shape index (κ1) is 42.7. The van der Waals surface area contributed by atoms with E-state index in [0.717, 1.165) is 5.56 Å². The summed E-state index contributed by atoms with van der Waals surface area (Å²) in [7, 11) is 5.58. The van der Waals surface area contributed by atoms with Crippen LogP contribution in [0.25, 0.3) is 0 Å². The van der Waals surface area contributed by atoms with Gasteiger partial charge in [-0.1, -0.05) is 35.6 Å². The molecule has 0 aliphatic carbocycles. The number of halogens is 1. The number of ketones is 1. The van der Waals surface area contributed by atoms with E-state index < -0.39 is 17.9 Å². The lowest BCUT2D eigenvalue weighted by Crippen LogP contribution is -2.11. The first-order valence-electron chi connectivity index (χ1n) is 18.1. The molecule has 0 radical (unpaired) electrons. The van der Waals surface area contributed by atoms with Crippen LogP contribution in [0, 0.1) is 11.8 Å². The Labute approximate surface area is 354 Å². The summed E-state index contributed by atoms with van der Waals surface area (Å²) in [6.45, 7) is 0. The van der Waals surface area contributed by atoms with Crippen LogP contribution < -0.4 is 33.2 Å². The number of aromatic hydroxyl groups is 2. The number of benzene rings is 6.